The van der Waals surface area contributed by atoms with Crippen molar-refractivity contribution in [2.45, 2.75) is 25.3 Å². The predicted octanol–water partition coefficient (Wildman–Crippen LogP) is 4.05. The molecule has 0 atom stereocenters. The van der Waals surface area contributed by atoms with Crippen LogP contribution < -0.4 is 19.5 Å². The molecule has 32 heavy (non-hydrogen) atoms. The molecule has 0 heterocycles. The van der Waals surface area contributed by atoms with Crippen molar-refractivity contribution >= 4 is 21.6 Å². The lowest BCUT2D eigenvalue weighted by molar-refractivity contribution is 0.0950. The number of ether oxygens (including phenoxy) is 2. The van der Waals surface area contributed by atoms with Crippen molar-refractivity contribution in [3.05, 3.63) is 82.9 Å². The van der Waals surface area contributed by atoms with Crippen molar-refractivity contribution in [1.82, 2.24) is 5.32 Å². The van der Waals surface area contributed by atoms with Crippen LogP contribution in [-0.2, 0) is 16.6 Å². The molecule has 1 amide bonds. The monoisotopic (exact) mass is 454 g/mol. The van der Waals surface area contributed by atoms with Gasteiger partial charge < -0.3 is 14.8 Å². The second-order valence-electron chi connectivity index (χ2n) is 7.30. The van der Waals surface area contributed by atoms with E-state index in [-0.39, 0.29) is 17.3 Å². The minimum atomic E-state index is -3.87. The maximum atomic E-state index is 12.8. The summed E-state index contributed by atoms with van der Waals surface area (Å²) in [6.07, 6.45) is 0. The van der Waals surface area contributed by atoms with Crippen LogP contribution >= 0.6 is 0 Å². The zero-order chi connectivity index (χ0) is 23.3. The maximum absolute atomic E-state index is 12.8. The van der Waals surface area contributed by atoms with Gasteiger partial charge in [-0.2, -0.15) is 0 Å². The quantitative estimate of drug-likeness (QED) is 0.536. The second kappa shape index (κ2) is 9.74. The number of methoxy groups -OCH3 is 2. The van der Waals surface area contributed by atoms with Gasteiger partial charge in [0.05, 0.1) is 19.1 Å². The van der Waals surface area contributed by atoms with Crippen LogP contribution in [0.25, 0.3) is 0 Å². The Morgan fingerprint density at radius 2 is 1.56 bits per heavy atom. The molecule has 0 aliphatic heterocycles. The molecule has 2 N–H and O–H groups in total. The number of benzene rings is 3. The van der Waals surface area contributed by atoms with Gasteiger partial charge in [0.25, 0.3) is 15.9 Å². The van der Waals surface area contributed by atoms with Gasteiger partial charge in [0.2, 0.25) is 0 Å². The fourth-order valence-corrected chi connectivity index (χ4v) is 4.22. The van der Waals surface area contributed by atoms with Crippen LogP contribution in [0.5, 0.6) is 11.5 Å². The summed E-state index contributed by atoms with van der Waals surface area (Å²) >= 11 is 0. The van der Waals surface area contributed by atoms with Crippen molar-refractivity contribution in [3.63, 3.8) is 0 Å². The lowest BCUT2D eigenvalue weighted by atomic mass is 10.1. The summed E-state index contributed by atoms with van der Waals surface area (Å²) in [5.74, 6) is 1.00. The van der Waals surface area contributed by atoms with Crippen LogP contribution in [0.3, 0.4) is 0 Å². The summed E-state index contributed by atoms with van der Waals surface area (Å²) in [6.45, 7) is 3.99. The number of carbonyl (C=O) groups is 1. The second-order valence-corrected chi connectivity index (χ2v) is 8.98. The van der Waals surface area contributed by atoms with Gasteiger partial charge in [0.15, 0.2) is 0 Å². The molecular formula is C24H26N2O5S. The maximum Gasteiger partial charge on any atom is 0.261 e. The molecule has 0 saturated carbocycles. The Kier molecular flexibility index (Phi) is 7.05. The van der Waals surface area contributed by atoms with Crippen LogP contribution in [0.1, 0.15) is 27.0 Å². The molecule has 0 radical (unpaired) electrons. The van der Waals surface area contributed by atoms with Gasteiger partial charge in [-0.25, -0.2) is 8.42 Å². The average Bonchev–Trinajstić information content (AvgIpc) is 2.78. The first-order chi connectivity index (χ1) is 15.2. The molecule has 0 saturated heterocycles. The third-order valence-corrected chi connectivity index (χ3v) is 6.41. The first kappa shape index (κ1) is 23.1. The lowest BCUT2D eigenvalue weighted by Gasteiger charge is -2.13. The third-order valence-electron chi connectivity index (χ3n) is 5.03. The lowest BCUT2D eigenvalue weighted by Crippen LogP contribution is -2.24. The SMILES string of the molecule is COc1ccc(NS(=O)(=O)c2ccc(C)c(C(=O)NCc3ccc(C)c(OC)c3)c2)cc1. The molecular weight excluding hydrogens is 428 g/mol. The molecule has 7 nitrogen and oxygen atoms in total. The predicted molar refractivity (Wildman–Crippen MR) is 124 cm³/mol. The Morgan fingerprint density at radius 3 is 2.22 bits per heavy atom. The summed E-state index contributed by atoms with van der Waals surface area (Å²) in [4.78, 5) is 12.8. The molecule has 3 aromatic rings. The summed E-state index contributed by atoms with van der Waals surface area (Å²) in [7, 11) is -0.742. The molecule has 0 bridgehead atoms. The van der Waals surface area contributed by atoms with Crippen molar-refractivity contribution in [2.75, 3.05) is 18.9 Å². The van der Waals surface area contributed by atoms with Crippen LogP contribution in [0.15, 0.2) is 65.6 Å². The van der Waals surface area contributed by atoms with E-state index in [2.05, 4.69) is 10.0 Å². The topological polar surface area (TPSA) is 93.7 Å². The highest BCUT2D eigenvalue weighted by Crippen LogP contribution is 2.22. The number of carbonyl (C=O) groups excluding carboxylic acids is 1. The number of hydrogen-bond acceptors (Lipinski definition) is 5. The molecule has 0 fully saturated rings. The minimum absolute atomic E-state index is 0.000994. The zero-order valence-corrected chi connectivity index (χ0v) is 19.2. The number of rotatable bonds is 8. The fraction of sp³-hybridized carbons (Fsp3) is 0.208. The van der Waals surface area contributed by atoms with Gasteiger partial charge in [-0.15, -0.1) is 0 Å². The van der Waals surface area contributed by atoms with Gasteiger partial charge in [0.1, 0.15) is 11.5 Å². The average molecular weight is 455 g/mol. The Balaban J connectivity index is 1.77. The van der Waals surface area contributed by atoms with Crippen molar-refractivity contribution in [2.24, 2.45) is 0 Å². The first-order valence-corrected chi connectivity index (χ1v) is 11.4. The summed E-state index contributed by atoms with van der Waals surface area (Å²) in [6, 6.07) is 16.7. The van der Waals surface area contributed by atoms with Gasteiger partial charge in [0, 0.05) is 17.8 Å². The third kappa shape index (κ3) is 5.39. The van der Waals surface area contributed by atoms with Crippen LogP contribution in [0.4, 0.5) is 5.69 Å². The molecule has 0 aliphatic carbocycles. The molecule has 168 valence electrons. The van der Waals surface area contributed by atoms with E-state index < -0.39 is 10.0 Å². The van der Waals surface area contributed by atoms with E-state index in [9.17, 15) is 13.2 Å². The fourth-order valence-electron chi connectivity index (χ4n) is 3.14. The summed E-state index contributed by atoms with van der Waals surface area (Å²) in [5.41, 5.74) is 3.24. The zero-order valence-electron chi connectivity index (χ0n) is 18.4. The summed E-state index contributed by atoms with van der Waals surface area (Å²) < 4.78 is 38.6. The highest BCUT2D eigenvalue weighted by atomic mass is 32.2. The molecule has 0 unspecified atom stereocenters. The van der Waals surface area contributed by atoms with Gasteiger partial charge in [-0.1, -0.05) is 18.2 Å². The smallest absolute Gasteiger partial charge is 0.261 e. The molecule has 0 spiro atoms. The Bertz CT molecular complexity index is 1220. The largest absolute Gasteiger partial charge is 0.497 e. The van der Waals surface area contributed by atoms with Crippen molar-refractivity contribution in [3.8, 4) is 11.5 Å². The van der Waals surface area contributed by atoms with Crippen molar-refractivity contribution in [1.29, 1.82) is 0 Å². The van der Waals surface area contributed by atoms with Crippen LogP contribution in [0, 0.1) is 13.8 Å². The molecule has 3 rings (SSSR count). The molecule has 0 aliphatic rings. The minimum Gasteiger partial charge on any atom is -0.497 e. The van der Waals surface area contributed by atoms with E-state index in [1.807, 2.05) is 25.1 Å². The van der Waals surface area contributed by atoms with E-state index in [1.54, 1.807) is 44.4 Å². The summed E-state index contributed by atoms with van der Waals surface area (Å²) in [5, 5.41) is 2.84. The molecule has 3 aromatic carbocycles. The van der Waals surface area contributed by atoms with E-state index >= 15 is 0 Å². The standard InChI is InChI=1S/C24H26N2O5S/c1-16-6-12-21(32(28,29)26-19-8-10-20(30-3)11-9-19)14-22(16)24(27)25-15-18-7-5-17(2)23(13-18)31-4/h5-14,26H,15H2,1-4H3,(H,25,27). The van der Waals surface area contributed by atoms with Gasteiger partial charge >= 0.3 is 0 Å². The van der Waals surface area contributed by atoms with Crippen LogP contribution in [-0.4, -0.2) is 28.5 Å². The Morgan fingerprint density at radius 1 is 0.875 bits per heavy atom. The highest BCUT2D eigenvalue weighted by Gasteiger charge is 2.18. The normalized spacial score (nSPS) is 11.0. The number of sulfonamides is 1. The van der Waals surface area contributed by atoms with E-state index in [0.29, 0.717) is 22.6 Å². The number of hydrogen-bond donors (Lipinski definition) is 2. The number of amides is 1. The highest BCUT2D eigenvalue weighted by molar-refractivity contribution is 7.92. The number of aryl methyl sites for hydroxylation is 2. The van der Waals surface area contributed by atoms with E-state index in [0.717, 1.165) is 16.9 Å². The van der Waals surface area contributed by atoms with Crippen LogP contribution in [0.2, 0.25) is 0 Å². The van der Waals surface area contributed by atoms with Crippen molar-refractivity contribution < 1.29 is 22.7 Å². The Hall–Kier alpha value is -3.52. The van der Waals surface area contributed by atoms with E-state index in [1.165, 1.54) is 19.2 Å². The van der Waals surface area contributed by atoms with Gasteiger partial charge in [-0.05, 0) is 73.0 Å². The molecule has 0 aromatic heterocycles. The number of anilines is 1. The first-order valence-electron chi connectivity index (χ1n) is 9.92. The number of nitrogens with one attached hydrogen (secondary N) is 2. The van der Waals surface area contributed by atoms with E-state index in [4.69, 9.17) is 9.47 Å². The van der Waals surface area contributed by atoms with Gasteiger partial charge in [-0.3, -0.25) is 9.52 Å². The molecule has 8 heteroatoms. The Labute approximate surface area is 188 Å².